The molecule has 4 heteroatoms. The second kappa shape index (κ2) is 1.51. The largest absolute Gasteiger partial charge is 0.383 e. The average Bonchev–Trinajstić information content (AvgIpc) is 2.33. The second-order valence-electron chi connectivity index (χ2n) is 1.63. The van der Waals surface area contributed by atoms with Gasteiger partial charge in [0.05, 0.1) is 6.20 Å². The van der Waals surface area contributed by atoms with Crippen molar-refractivity contribution in [2.24, 2.45) is 0 Å². The fraction of sp³-hybridized carbons (Fsp3) is 0. The van der Waals surface area contributed by atoms with Crippen molar-refractivity contribution in [2.75, 3.05) is 0 Å². The molecular formula is C5H4N3O+. The van der Waals surface area contributed by atoms with Crippen LogP contribution in [0.25, 0.3) is 11.2 Å². The minimum atomic E-state index is 0.539. The zero-order valence-electron chi connectivity index (χ0n) is 4.53. The van der Waals surface area contributed by atoms with Crippen molar-refractivity contribution in [1.82, 2.24) is 10.2 Å². The van der Waals surface area contributed by atoms with Gasteiger partial charge in [-0.15, -0.1) is 5.10 Å². The molecule has 0 bridgehead atoms. The van der Waals surface area contributed by atoms with Crippen LogP contribution in [0.4, 0.5) is 0 Å². The number of aromatic amines is 1. The van der Waals surface area contributed by atoms with Gasteiger partial charge in [0, 0.05) is 6.07 Å². The molecule has 0 aliphatic heterocycles. The van der Waals surface area contributed by atoms with Crippen LogP contribution in [0, 0.1) is 0 Å². The van der Waals surface area contributed by atoms with E-state index < -0.39 is 0 Å². The van der Waals surface area contributed by atoms with E-state index in [1.807, 2.05) is 0 Å². The Balaban J connectivity index is 2.95. The zero-order chi connectivity index (χ0) is 6.10. The second-order valence-corrected chi connectivity index (χ2v) is 1.63. The summed E-state index contributed by atoms with van der Waals surface area (Å²) >= 11 is 0. The van der Waals surface area contributed by atoms with Gasteiger partial charge in [0.15, 0.2) is 0 Å². The van der Waals surface area contributed by atoms with Crippen molar-refractivity contribution in [3.8, 4) is 0 Å². The molecule has 0 spiro atoms. The topological polar surface area (TPSA) is 53.1 Å². The number of nitrogens with one attached hydrogen (secondary N) is 1. The van der Waals surface area contributed by atoms with Gasteiger partial charge >= 0.3 is 12.1 Å². The number of H-pyrrole nitrogens is 1. The molecule has 9 heavy (non-hydrogen) atoms. The van der Waals surface area contributed by atoms with Gasteiger partial charge in [-0.3, -0.25) is 0 Å². The minimum Gasteiger partial charge on any atom is -0.383 e. The number of hydrogen-bond donors (Lipinski definition) is 0. The summed E-state index contributed by atoms with van der Waals surface area (Å²) in [4.78, 5) is 2.85. The maximum Gasteiger partial charge on any atom is 0.335 e. The van der Waals surface area contributed by atoms with Crippen LogP contribution < -0.4 is 4.98 Å². The molecule has 0 fully saturated rings. The fourth-order valence-corrected chi connectivity index (χ4v) is 0.664. The van der Waals surface area contributed by atoms with Crippen molar-refractivity contribution in [3.63, 3.8) is 0 Å². The molecule has 1 N–H and O–H groups in total. The van der Waals surface area contributed by atoms with Gasteiger partial charge < -0.3 is 4.42 Å². The normalized spacial score (nSPS) is 10.2. The van der Waals surface area contributed by atoms with Crippen LogP contribution in [0.5, 0.6) is 0 Å². The Labute approximate surface area is 50.5 Å². The minimum absolute atomic E-state index is 0.539. The lowest BCUT2D eigenvalue weighted by Gasteiger charge is -1.73. The molecule has 0 amide bonds. The highest BCUT2D eigenvalue weighted by Crippen LogP contribution is 1.99. The van der Waals surface area contributed by atoms with Crippen molar-refractivity contribution in [3.05, 3.63) is 18.7 Å². The quantitative estimate of drug-likeness (QED) is 0.495. The number of aromatic nitrogens is 3. The number of rotatable bonds is 0. The van der Waals surface area contributed by atoms with Crippen LogP contribution in [0.15, 0.2) is 23.1 Å². The monoisotopic (exact) mass is 122 g/mol. The van der Waals surface area contributed by atoms with E-state index in [-0.39, 0.29) is 0 Å². The van der Waals surface area contributed by atoms with Gasteiger partial charge in [0.1, 0.15) is 0 Å². The molecule has 0 aromatic carbocycles. The summed E-state index contributed by atoms with van der Waals surface area (Å²) in [5.41, 5.74) is 1.41. The maximum absolute atomic E-state index is 4.89. The molecule has 2 aromatic rings. The van der Waals surface area contributed by atoms with Crippen LogP contribution in [-0.2, 0) is 0 Å². The third-order valence-corrected chi connectivity index (χ3v) is 1.07. The van der Waals surface area contributed by atoms with Gasteiger partial charge in [-0.05, 0) is 0 Å². The number of fused-ring (bicyclic) bond motifs is 1. The Morgan fingerprint density at radius 3 is 3.44 bits per heavy atom. The summed E-state index contributed by atoms with van der Waals surface area (Å²) in [6.45, 7) is 0. The molecule has 2 aromatic heterocycles. The summed E-state index contributed by atoms with van der Waals surface area (Å²) in [6.07, 6.45) is 3.08. The molecule has 2 heterocycles. The predicted molar refractivity (Wildman–Crippen MR) is 28.4 cm³/mol. The van der Waals surface area contributed by atoms with E-state index in [0.29, 0.717) is 5.71 Å². The first-order valence-electron chi connectivity index (χ1n) is 2.53. The van der Waals surface area contributed by atoms with E-state index in [0.717, 1.165) is 5.52 Å². The fourth-order valence-electron chi connectivity index (χ4n) is 0.664. The predicted octanol–water partition coefficient (Wildman–Crippen LogP) is 0.0369. The molecule has 0 radical (unpaired) electrons. The van der Waals surface area contributed by atoms with Crippen molar-refractivity contribution in [2.45, 2.75) is 0 Å². The maximum atomic E-state index is 4.89. The van der Waals surface area contributed by atoms with E-state index >= 15 is 0 Å². The Hall–Kier alpha value is -1.45. The molecule has 2 rings (SSSR count). The van der Waals surface area contributed by atoms with E-state index in [9.17, 15) is 0 Å². The van der Waals surface area contributed by atoms with Gasteiger partial charge in [0.25, 0.3) is 5.52 Å². The number of hydrogen-bond acceptors (Lipinski definition) is 3. The average molecular weight is 122 g/mol. The smallest absolute Gasteiger partial charge is 0.335 e. The summed E-state index contributed by atoms with van der Waals surface area (Å²) < 4.78 is 4.89. The third kappa shape index (κ3) is 0.561. The van der Waals surface area contributed by atoms with Crippen LogP contribution in [0.2, 0.25) is 0 Å². The summed E-state index contributed by atoms with van der Waals surface area (Å²) in [6, 6.07) is 1.80. The van der Waals surface area contributed by atoms with Gasteiger partial charge in [-0.2, -0.15) is 10.1 Å². The molecule has 0 atom stereocenters. The Bertz CT molecular complexity index is 286. The first-order chi connectivity index (χ1) is 4.47. The number of oxazole rings is 1. The highest BCUT2D eigenvalue weighted by atomic mass is 16.3. The molecule has 0 aliphatic rings. The molecule has 0 saturated carbocycles. The first kappa shape index (κ1) is 4.43. The molecule has 44 valence electrons. The lowest BCUT2D eigenvalue weighted by molar-refractivity contribution is -0.354. The Morgan fingerprint density at radius 1 is 1.56 bits per heavy atom. The lowest BCUT2D eigenvalue weighted by atomic mass is 10.5. The number of nitrogens with zero attached hydrogens (tertiary/aromatic N) is 2. The van der Waals surface area contributed by atoms with E-state index in [1.54, 1.807) is 12.3 Å². The standard InChI is InChI=1S/C5H3N3O/c1-2-7-8-5-4(1)6-3-9-5/h1-3H/p+1. The molecular weight excluding hydrogens is 118 g/mol. The van der Waals surface area contributed by atoms with Crippen LogP contribution in [-0.4, -0.2) is 10.2 Å². The highest BCUT2D eigenvalue weighted by molar-refractivity contribution is 5.60. The summed E-state index contributed by atoms with van der Waals surface area (Å²) in [5, 5.41) is 7.31. The summed E-state index contributed by atoms with van der Waals surface area (Å²) in [7, 11) is 0. The Kier molecular flexibility index (Phi) is 0.745. The van der Waals surface area contributed by atoms with Crippen LogP contribution in [0.1, 0.15) is 0 Å². The first-order valence-corrected chi connectivity index (χ1v) is 2.53. The van der Waals surface area contributed by atoms with Gasteiger partial charge in [-0.1, -0.05) is 0 Å². The van der Waals surface area contributed by atoms with E-state index in [2.05, 4.69) is 15.2 Å². The molecule has 0 saturated heterocycles. The molecule has 0 aliphatic carbocycles. The van der Waals surface area contributed by atoms with E-state index in [4.69, 9.17) is 4.42 Å². The SMILES string of the molecule is c1cc2[nH+]coc2nn1. The van der Waals surface area contributed by atoms with Crippen molar-refractivity contribution >= 4 is 11.2 Å². The molecule has 0 unspecified atom stereocenters. The Morgan fingerprint density at radius 2 is 2.56 bits per heavy atom. The van der Waals surface area contributed by atoms with Crippen molar-refractivity contribution in [1.29, 1.82) is 0 Å². The van der Waals surface area contributed by atoms with Gasteiger partial charge in [0.2, 0.25) is 0 Å². The van der Waals surface area contributed by atoms with Crippen molar-refractivity contribution < 1.29 is 9.40 Å². The third-order valence-electron chi connectivity index (χ3n) is 1.07. The van der Waals surface area contributed by atoms with Crippen LogP contribution >= 0.6 is 0 Å². The highest BCUT2D eigenvalue weighted by Gasteiger charge is 2.01. The molecule has 4 nitrogen and oxygen atoms in total. The van der Waals surface area contributed by atoms with E-state index in [1.165, 1.54) is 6.39 Å². The summed E-state index contributed by atoms with van der Waals surface area (Å²) in [5.74, 6) is 0. The lowest BCUT2D eigenvalue weighted by Crippen LogP contribution is -1.94. The van der Waals surface area contributed by atoms with Crippen LogP contribution in [0.3, 0.4) is 0 Å². The zero-order valence-corrected chi connectivity index (χ0v) is 4.53. The van der Waals surface area contributed by atoms with Gasteiger partial charge in [-0.25, -0.2) is 0 Å².